The van der Waals surface area contributed by atoms with Gasteiger partial charge in [0.1, 0.15) is 6.54 Å². The predicted molar refractivity (Wildman–Crippen MR) is 101 cm³/mol. The molecule has 1 fully saturated rings. The van der Waals surface area contributed by atoms with Crippen LogP contribution in [0.3, 0.4) is 0 Å². The number of carbonyl (C=O) groups excluding carboxylic acids is 4. The van der Waals surface area contributed by atoms with Crippen LogP contribution in [-0.2, 0) is 9.59 Å². The number of rotatable bonds is 4. The number of amides is 4. The van der Waals surface area contributed by atoms with Crippen LogP contribution >= 0.6 is 0 Å². The first-order valence-corrected chi connectivity index (χ1v) is 9.42. The molecule has 2 aliphatic rings. The van der Waals surface area contributed by atoms with Gasteiger partial charge in [0.15, 0.2) is 0 Å². The van der Waals surface area contributed by atoms with Gasteiger partial charge in [-0.3, -0.25) is 34.2 Å². The van der Waals surface area contributed by atoms with Crippen molar-refractivity contribution >= 4 is 29.3 Å². The van der Waals surface area contributed by atoms with Crippen LogP contribution in [0.15, 0.2) is 18.2 Å². The molecule has 4 amide bonds. The topological polar surface area (TPSA) is 121 Å². The summed E-state index contributed by atoms with van der Waals surface area (Å²) < 4.78 is 0. The Hall–Kier alpha value is -3.30. The molecule has 1 aromatic carbocycles. The Labute approximate surface area is 167 Å². The SMILES string of the molecule is CC(C)C(=O)N1CCCN(C(=O)CN2C(=O)c3ccc([N+](=O)[O-])cc3C2=O)CC1. The minimum Gasteiger partial charge on any atom is -0.341 e. The van der Waals surface area contributed by atoms with Crippen molar-refractivity contribution in [1.82, 2.24) is 14.7 Å². The van der Waals surface area contributed by atoms with Crippen LogP contribution in [0, 0.1) is 16.0 Å². The van der Waals surface area contributed by atoms with Crippen molar-refractivity contribution < 1.29 is 24.1 Å². The normalized spacial score (nSPS) is 16.9. The molecule has 0 atom stereocenters. The molecule has 0 radical (unpaired) electrons. The quantitative estimate of drug-likeness (QED) is 0.419. The fourth-order valence-corrected chi connectivity index (χ4v) is 3.52. The minimum absolute atomic E-state index is 0.0289. The summed E-state index contributed by atoms with van der Waals surface area (Å²) in [7, 11) is 0. The van der Waals surface area contributed by atoms with E-state index in [1.165, 1.54) is 6.07 Å². The van der Waals surface area contributed by atoms with Crippen molar-refractivity contribution in [1.29, 1.82) is 0 Å². The first kappa shape index (κ1) is 20.4. The maximum Gasteiger partial charge on any atom is 0.270 e. The molecule has 29 heavy (non-hydrogen) atoms. The van der Waals surface area contributed by atoms with Crippen molar-refractivity contribution in [2.45, 2.75) is 20.3 Å². The maximum absolute atomic E-state index is 12.7. The van der Waals surface area contributed by atoms with E-state index in [1.54, 1.807) is 9.80 Å². The van der Waals surface area contributed by atoms with Crippen LogP contribution < -0.4 is 0 Å². The van der Waals surface area contributed by atoms with Crippen LogP contribution in [0.5, 0.6) is 0 Å². The van der Waals surface area contributed by atoms with Crippen molar-refractivity contribution in [3.05, 3.63) is 39.4 Å². The lowest BCUT2D eigenvalue weighted by atomic mass is 10.1. The van der Waals surface area contributed by atoms with Crippen LogP contribution in [0.2, 0.25) is 0 Å². The summed E-state index contributed by atoms with van der Waals surface area (Å²) in [5.74, 6) is -1.85. The number of nitrogens with zero attached hydrogens (tertiary/aromatic N) is 4. The van der Waals surface area contributed by atoms with Crippen molar-refractivity contribution in [2.24, 2.45) is 5.92 Å². The van der Waals surface area contributed by atoms with Crippen LogP contribution in [0.1, 0.15) is 41.0 Å². The number of nitro groups is 1. The van der Waals surface area contributed by atoms with E-state index in [4.69, 9.17) is 0 Å². The highest BCUT2D eigenvalue weighted by molar-refractivity contribution is 6.22. The molecule has 10 heteroatoms. The van der Waals surface area contributed by atoms with Gasteiger partial charge in [0.05, 0.1) is 16.1 Å². The lowest BCUT2D eigenvalue weighted by Crippen LogP contribution is -2.44. The number of imide groups is 1. The molecule has 0 N–H and O–H groups in total. The van der Waals surface area contributed by atoms with Gasteiger partial charge in [-0.15, -0.1) is 0 Å². The zero-order chi connectivity index (χ0) is 21.3. The molecular weight excluding hydrogens is 380 g/mol. The zero-order valence-corrected chi connectivity index (χ0v) is 16.3. The minimum atomic E-state index is -0.714. The Morgan fingerprint density at radius 3 is 2.31 bits per heavy atom. The molecular formula is C19H22N4O6. The molecule has 3 rings (SSSR count). The summed E-state index contributed by atoms with van der Waals surface area (Å²) in [5.41, 5.74) is -0.306. The van der Waals surface area contributed by atoms with Crippen LogP contribution in [0.4, 0.5) is 5.69 Å². The standard InChI is InChI=1S/C19H22N4O6/c1-12(2)17(25)21-7-3-6-20(8-9-21)16(24)11-22-18(26)14-5-4-13(23(28)29)10-15(14)19(22)27/h4-5,10,12H,3,6-9,11H2,1-2H3. The van der Waals surface area contributed by atoms with E-state index in [0.717, 1.165) is 17.0 Å². The molecule has 0 aromatic heterocycles. The number of carbonyl (C=O) groups is 4. The third-order valence-electron chi connectivity index (χ3n) is 5.11. The lowest BCUT2D eigenvalue weighted by Gasteiger charge is -2.24. The number of hydrogen-bond donors (Lipinski definition) is 0. The van der Waals surface area contributed by atoms with E-state index in [1.807, 2.05) is 13.8 Å². The summed E-state index contributed by atoms with van der Waals surface area (Å²) >= 11 is 0. The Bertz CT molecular complexity index is 897. The third-order valence-corrected chi connectivity index (χ3v) is 5.11. The summed E-state index contributed by atoms with van der Waals surface area (Å²) in [6, 6.07) is 3.45. The summed E-state index contributed by atoms with van der Waals surface area (Å²) in [4.78, 5) is 64.3. The molecule has 2 heterocycles. The van der Waals surface area contributed by atoms with E-state index in [9.17, 15) is 29.3 Å². The molecule has 1 saturated heterocycles. The summed E-state index contributed by atoms with van der Waals surface area (Å²) in [6.45, 7) is 4.92. The highest BCUT2D eigenvalue weighted by Crippen LogP contribution is 2.26. The van der Waals surface area contributed by atoms with Crippen molar-refractivity contribution in [3.8, 4) is 0 Å². The van der Waals surface area contributed by atoms with Gasteiger partial charge < -0.3 is 9.80 Å². The molecule has 0 spiro atoms. The number of hydrogen-bond acceptors (Lipinski definition) is 6. The second kappa shape index (κ2) is 7.98. The number of nitro benzene ring substituents is 1. The van der Waals surface area contributed by atoms with Gasteiger partial charge in [0.25, 0.3) is 17.5 Å². The number of non-ortho nitro benzene ring substituents is 1. The molecule has 0 bridgehead atoms. The lowest BCUT2D eigenvalue weighted by molar-refractivity contribution is -0.384. The monoisotopic (exact) mass is 402 g/mol. The molecule has 0 aliphatic carbocycles. The predicted octanol–water partition coefficient (Wildman–Crippen LogP) is 0.908. The van der Waals surface area contributed by atoms with E-state index in [0.29, 0.717) is 32.6 Å². The second-order valence-corrected chi connectivity index (χ2v) is 7.40. The first-order chi connectivity index (χ1) is 13.7. The number of benzene rings is 1. The molecule has 1 aromatic rings. The molecule has 2 aliphatic heterocycles. The summed E-state index contributed by atoms with van der Waals surface area (Å²) in [5, 5.41) is 10.9. The Morgan fingerprint density at radius 2 is 1.66 bits per heavy atom. The summed E-state index contributed by atoms with van der Waals surface area (Å²) in [6.07, 6.45) is 0.610. The van der Waals surface area contributed by atoms with E-state index in [-0.39, 0.29) is 28.6 Å². The first-order valence-electron chi connectivity index (χ1n) is 9.42. The zero-order valence-electron chi connectivity index (χ0n) is 16.3. The van der Waals surface area contributed by atoms with E-state index < -0.39 is 29.2 Å². The van der Waals surface area contributed by atoms with Gasteiger partial charge in [-0.25, -0.2) is 0 Å². The largest absolute Gasteiger partial charge is 0.341 e. The Kier molecular flexibility index (Phi) is 5.62. The Balaban J connectivity index is 1.68. The number of fused-ring (bicyclic) bond motifs is 1. The van der Waals surface area contributed by atoms with Gasteiger partial charge in [-0.05, 0) is 12.5 Å². The second-order valence-electron chi connectivity index (χ2n) is 7.40. The average molecular weight is 402 g/mol. The van der Waals surface area contributed by atoms with Gasteiger partial charge in [-0.1, -0.05) is 13.8 Å². The van der Waals surface area contributed by atoms with Crippen molar-refractivity contribution in [3.63, 3.8) is 0 Å². The molecule has 0 unspecified atom stereocenters. The van der Waals surface area contributed by atoms with E-state index >= 15 is 0 Å². The van der Waals surface area contributed by atoms with Gasteiger partial charge in [0.2, 0.25) is 11.8 Å². The van der Waals surface area contributed by atoms with Crippen molar-refractivity contribution in [2.75, 3.05) is 32.7 Å². The van der Waals surface area contributed by atoms with E-state index in [2.05, 4.69) is 0 Å². The highest BCUT2D eigenvalue weighted by atomic mass is 16.6. The molecule has 0 saturated carbocycles. The fourth-order valence-electron chi connectivity index (χ4n) is 3.52. The van der Waals surface area contributed by atoms with Crippen LogP contribution in [0.25, 0.3) is 0 Å². The highest BCUT2D eigenvalue weighted by Gasteiger charge is 2.38. The molecule has 154 valence electrons. The third kappa shape index (κ3) is 3.96. The van der Waals surface area contributed by atoms with Gasteiger partial charge >= 0.3 is 0 Å². The molecule has 10 nitrogen and oxygen atoms in total. The fraction of sp³-hybridized carbons (Fsp3) is 0.474. The average Bonchev–Trinajstić information content (AvgIpc) is 2.87. The Morgan fingerprint density at radius 1 is 1.03 bits per heavy atom. The van der Waals surface area contributed by atoms with Crippen LogP contribution in [-0.4, -0.2) is 76.0 Å². The maximum atomic E-state index is 12.7. The van der Waals surface area contributed by atoms with Gasteiger partial charge in [-0.2, -0.15) is 0 Å². The smallest absolute Gasteiger partial charge is 0.270 e. The van der Waals surface area contributed by atoms with Gasteiger partial charge in [0, 0.05) is 44.2 Å².